The molecule has 1 unspecified atom stereocenters. The first kappa shape index (κ1) is 13.4. The van der Waals surface area contributed by atoms with Gasteiger partial charge in [-0.15, -0.1) is 0 Å². The zero-order valence-corrected chi connectivity index (χ0v) is 12.2. The predicted octanol–water partition coefficient (Wildman–Crippen LogP) is 2.27. The van der Waals surface area contributed by atoms with Gasteiger partial charge in [0, 0.05) is 32.1 Å². The number of hydrogen-bond donors (Lipinski definition) is 1. The second kappa shape index (κ2) is 5.82. The highest BCUT2D eigenvalue weighted by atomic mass is 16.2. The molecule has 3 fully saturated rings. The fourth-order valence-corrected chi connectivity index (χ4v) is 4.38. The van der Waals surface area contributed by atoms with Crippen LogP contribution in [0.5, 0.6) is 0 Å². The van der Waals surface area contributed by atoms with Gasteiger partial charge in [-0.1, -0.05) is 32.6 Å². The van der Waals surface area contributed by atoms with E-state index in [9.17, 15) is 4.79 Å². The van der Waals surface area contributed by atoms with Crippen molar-refractivity contribution in [2.75, 3.05) is 26.2 Å². The van der Waals surface area contributed by atoms with E-state index < -0.39 is 0 Å². The summed E-state index contributed by atoms with van der Waals surface area (Å²) in [6, 6.07) is 0. The topological polar surface area (TPSA) is 32.3 Å². The van der Waals surface area contributed by atoms with Crippen LogP contribution in [0.25, 0.3) is 0 Å². The van der Waals surface area contributed by atoms with Crippen molar-refractivity contribution in [2.45, 2.75) is 45.4 Å². The van der Waals surface area contributed by atoms with Crippen molar-refractivity contribution in [3.63, 3.8) is 0 Å². The van der Waals surface area contributed by atoms with Gasteiger partial charge < -0.3 is 10.2 Å². The number of carbonyl (C=O) groups is 1. The number of nitrogens with one attached hydrogen (secondary N) is 1. The second-order valence-corrected chi connectivity index (χ2v) is 6.91. The highest BCUT2D eigenvalue weighted by molar-refractivity contribution is 5.79. The van der Waals surface area contributed by atoms with E-state index in [4.69, 9.17) is 0 Å². The minimum Gasteiger partial charge on any atom is -0.342 e. The molecule has 3 atom stereocenters. The van der Waals surface area contributed by atoms with Crippen molar-refractivity contribution in [3.05, 3.63) is 0 Å². The molecule has 1 N–H and O–H groups in total. The van der Waals surface area contributed by atoms with Crippen molar-refractivity contribution in [1.29, 1.82) is 0 Å². The van der Waals surface area contributed by atoms with Crippen LogP contribution < -0.4 is 5.32 Å². The fraction of sp³-hybridized carbons (Fsp3) is 0.938. The third-order valence-electron chi connectivity index (χ3n) is 5.64. The van der Waals surface area contributed by atoms with Gasteiger partial charge in [0.15, 0.2) is 0 Å². The molecule has 0 bridgehead atoms. The average Bonchev–Trinajstić information content (AvgIpc) is 3.10. The summed E-state index contributed by atoms with van der Waals surface area (Å²) in [5.74, 6) is 3.05. The van der Waals surface area contributed by atoms with E-state index in [0.29, 0.717) is 11.8 Å². The molecule has 1 aliphatic carbocycles. The molecule has 3 rings (SSSR count). The van der Waals surface area contributed by atoms with Gasteiger partial charge in [-0.05, 0) is 30.6 Å². The molecular formula is C16H28N2O. The molecule has 0 spiro atoms. The minimum atomic E-state index is 0.301. The van der Waals surface area contributed by atoms with Gasteiger partial charge in [-0.3, -0.25) is 4.79 Å². The molecule has 3 aliphatic rings. The molecule has 2 saturated heterocycles. The van der Waals surface area contributed by atoms with Crippen LogP contribution in [0.3, 0.4) is 0 Å². The number of amides is 1. The van der Waals surface area contributed by atoms with Gasteiger partial charge in [0.25, 0.3) is 0 Å². The molecule has 2 aliphatic heterocycles. The lowest BCUT2D eigenvalue weighted by molar-refractivity contribution is -0.135. The summed E-state index contributed by atoms with van der Waals surface area (Å²) in [7, 11) is 0. The van der Waals surface area contributed by atoms with Gasteiger partial charge >= 0.3 is 0 Å². The van der Waals surface area contributed by atoms with Crippen LogP contribution in [0.2, 0.25) is 0 Å². The molecule has 0 aromatic carbocycles. The number of rotatable bonds is 4. The Bertz CT molecular complexity index is 313. The van der Waals surface area contributed by atoms with E-state index in [-0.39, 0.29) is 0 Å². The first-order valence-corrected chi connectivity index (χ1v) is 8.27. The lowest BCUT2D eigenvalue weighted by Gasteiger charge is -2.25. The highest BCUT2D eigenvalue weighted by Crippen LogP contribution is 2.33. The van der Waals surface area contributed by atoms with Gasteiger partial charge in [0.05, 0.1) is 0 Å². The van der Waals surface area contributed by atoms with Crippen molar-refractivity contribution >= 4 is 5.91 Å². The highest BCUT2D eigenvalue weighted by Gasteiger charge is 2.39. The Kier molecular flexibility index (Phi) is 4.11. The summed E-state index contributed by atoms with van der Waals surface area (Å²) in [4.78, 5) is 14.9. The maximum Gasteiger partial charge on any atom is 0.225 e. The van der Waals surface area contributed by atoms with Crippen LogP contribution in [0, 0.1) is 23.7 Å². The first-order chi connectivity index (χ1) is 9.28. The smallest absolute Gasteiger partial charge is 0.225 e. The average molecular weight is 264 g/mol. The fourth-order valence-electron chi connectivity index (χ4n) is 4.38. The molecule has 2 heterocycles. The van der Waals surface area contributed by atoms with Crippen molar-refractivity contribution in [1.82, 2.24) is 10.2 Å². The molecule has 3 nitrogen and oxygen atoms in total. The Morgan fingerprint density at radius 3 is 2.42 bits per heavy atom. The van der Waals surface area contributed by atoms with Crippen LogP contribution in [0.15, 0.2) is 0 Å². The van der Waals surface area contributed by atoms with Gasteiger partial charge in [0.2, 0.25) is 5.91 Å². The van der Waals surface area contributed by atoms with Crippen molar-refractivity contribution in [3.8, 4) is 0 Å². The van der Waals surface area contributed by atoms with E-state index in [0.717, 1.165) is 56.8 Å². The Labute approximate surface area is 117 Å². The molecule has 0 aromatic rings. The van der Waals surface area contributed by atoms with Crippen LogP contribution in [0.4, 0.5) is 0 Å². The molecule has 1 saturated carbocycles. The Morgan fingerprint density at radius 1 is 1.21 bits per heavy atom. The van der Waals surface area contributed by atoms with Gasteiger partial charge in [-0.2, -0.15) is 0 Å². The lowest BCUT2D eigenvalue weighted by atomic mass is 9.90. The van der Waals surface area contributed by atoms with Crippen molar-refractivity contribution in [2.24, 2.45) is 23.7 Å². The summed E-state index contributed by atoms with van der Waals surface area (Å²) in [6.07, 6.45) is 7.67. The lowest BCUT2D eigenvalue weighted by Crippen LogP contribution is -2.37. The molecule has 19 heavy (non-hydrogen) atoms. The van der Waals surface area contributed by atoms with Gasteiger partial charge in [-0.25, -0.2) is 0 Å². The molecule has 0 aromatic heterocycles. The van der Waals surface area contributed by atoms with Crippen LogP contribution in [-0.4, -0.2) is 37.0 Å². The Hall–Kier alpha value is -0.570. The Morgan fingerprint density at radius 2 is 1.84 bits per heavy atom. The third kappa shape index (κ3) is 2.81. The third-order valence-corrected chi connectivity index (χ3v) is 5.64. The molecule has 3 heteroatoms. The SMILES string of the molecule is CCC(CC1CCCC1)C(=O)N1C[C@H]2CNC[C@H]2C1. The van der Waals surface area contributed by atoms with Crippen molar-refractivity contribution < 1.29 is 4.79 Å². The number of fused-ring (bicyclic) bond motifs is 1. The maximum absolute atomic E-state index is 12.7. The standard InChI is InChI=1S/C16H28N2O/c1-2-13(7-12-5-3-4-6-12)16(19)18-10-14-8-17-9-15(14)11-18/h12-15,17H,2-11H2,1H3/t13?,14-,15+. The van der Waals surface area contributed by atoms with E-state index in [1.165, 1.54) is 25.7 Å². The zero-order valence-electron chi connectivity index (χ0n) is 12.2. The normalized spacial score (nSPS) is 32.8. The zero-order chi connectivity index (χ0) is 13.2. The van der Waals surface area contributed by atoms with E-state index in [2.05, 4.69) is 17.1 Å². The number of nitrogens with zero attached hydrogens (tertiary/aromatic N) is 1. The van der Waals surface area contributed by atoms with Crippen LogP contribution in [-0.2, 0) is 4.79 Å². The number of hydrogen-bond acceptors (Lipinski definition) is 2. The van der Waals surface area contributed by atoms with E-state index in [1.807, 2.05) is 0 Å². The molecule has 0 radical (unpaired) electrons. The summed E-state index contributed by atoms with van der Waals surface area (Å²) >= 11 is 0. The monoisotopic (exact) mass is 264 g/mol. The van der Waals surface area contributed by atoms with E-state index >= 15 is 0 Å². The largest absolute Gasteiger partial charge is 0.342 e. The second-order valence-electron chi connectivity index (χ2n) is 6.91. The summed E-state index contributed by atoms with van der Waals surface area (Å²) < 4.78 is 0. The quantitative estimate of drug-likeness (QED) is 0.845. The molecular weight excluding hydrogens is 236 g/mol. The molecule has 1 amide bonds. The van der Waals surface area contributed by atoms with Crippen LogP contribution >= 0.6 is 0 Å². The molecule has 108 valence electrons. The first-order valence-electron chi connectivity index (χ1n) is 8.27. The summed E-state index contributed by atoms with van der Waals surface area (Å²) in [5, 5.41) is 3.45. The number of likely N-dealkylation sites (tertiary alicyclic amines) is 1. The Balaban J connectivity index is 1.55. The number of carbonyl (C=O) groups excluding carboxylic acids is 1. The summed E-state index contributed by atoms with van der Waals surface area (Å²) in [5.41, 5.74) is 0. The van der Waals surface area contributed by atoms with E-state index in [1.54, 1.807) is 0 Å². The van der Waals surface area contributed by atoms with Crippen LogP contribution in [0.1, 0.15) is 45.4 Å². The minimum absolute atomic E-state index is 0.301. The van der Waals surface area contributed by atoms with Gasteiger partial charge in [0.1, 0.15) is 0 Å². The predicted molar refractivity (Wildman–Crippen MR) is 76.8 cm³/mol. The summed E-state index contributed by atoms with van der Waals surface area (Å²) in [6.45, 7) is 6.45. The maximum atomic E-state index is 12.7.